The Hall–Kier alpha value is -3.05. The van der Waals surface area contributed by atoms with Crippen LogP contribution in [0.4, 0.5) is 5.69 Å². The maximum atomic E-state index is 12.4. The van der Waals surface area contributed by atoms with Gasteiger partial charge >= 0.3 is 0 Å². The third-order valence-corrected chi connectivity index (χ3v) is 6.44. The lowest BCUT2D eigenvalue weighted by Gasteiger charge is -2.40. The standard InChI is InChI=1S/C26H28ClN3O2/c1-16-14-24(29-22-11-9-21(27)10-12-22)23-15-20(8-13-25(23)30(16)17(2)31)18-4-6-19(7-5-18)26(32)28-3/h4-9,11-13,15-16,21,24,29H,10,14H2,1-3H3,(H,28,32)/t16-,21?,24+/m0/s1. The summed E-state index contributed by atoms with van der Waals surface area (Å²) in [6, 6.07) is 13.9. The number of carbonyl (C=O) groups excluding carboxylic acids is 2. The third-order valence-electron chi connectivity index (χ3n) is 6.12. The summed E-state index contributed by atoms with van der Waals surface area (Å²) in [6.45, 7) is 3.71. The molecule has 0 saturated heterocycles. The number of fused-ring (bicyclic) bond motifs is 1. The van der Waals surface area contributed by atoms with Gasteiger partial charge in [-0.3, -0.25) is 9.59 Å². The molecular formula is C26H28ClN3O2. The second-order valence-corrected chi connectivity index (χ2v) is 8.93. The summed E-state index contributed by atoms with van der Waals surface area (Å²) in [6.07, 6.45) is 7.77. The predicted octanol–water partition coefficient (Wildman–Crippen LogP) is 4.94. The number of amides is 2. The molecule has 3 atom stereocenters. The molecule has 0 aromatic heterocycles. The molecule has 4 rings (SSSR count). The number of halogens is 1. The lowest BCUT2D eigenvalue weighted by molar-refractivity contribution is -0.117. The maximum Gasteiger partial charge on any atom is 0.251 e. The van der Waals surface area contributed by atoms with E-state index in [0.717, 1.165) is 40.9 Å². The van der Waals surface area contributed by atoms with Gasteiger partial charge in [-0.2, -0.15) is 0 Å². The minimum absolute atomic E-state index is 0.0377. The summed E-state index contributed by atoms with van der Waals surface area (Å²) in [4.78, 5) is 26.2. The number of benzene rings is 2. The molecule has 2 aliphatic rings. The molecule has 1 aliphatic heterocycles. The fourth-order valence-corrected chi connectivity index (χ4v) is 4.68. The molecule has 0 bridgehead atoms. The van der Waals surface area contributed by atoms with E-state index in [0.29, 0.717) is 5.56 Å². The normalized spacial score (nSPS) is 22.1. The van der Waals surface area contributed by atoms with E-state index in [1.165, 1.54) is 0 Å². The summed E-state index contributed by atoms with van der Waals surface area (Å²) in [5.74, 6) is -0.0630. The van der Waals surface area contributed by atoms with Crippen LogP contribution >= 0.6 is 11.6 Å². The van der Waals surface area contributed by atoms with Gasteiger partial charge in [0, 0.05) is 37.0 Å². The molecule has 5 nitrogen and oxygen atoms in total. The third kappa shape index (κ3) is 4.44. The Morgan fingerprint density at radius 2 is 1.81 bits per heavy atom. The van der Waals surface area contributed by atoms with Crippen molar-refractivity contribution in [1.82, 2.24) is 10.6 Å². The number of rotatable bonds is 4. The zero-order chi connectivity index (χ0) is 22.8. The quantitative estimate of drug-likeness (QED) is 0.650. The highest BCUT2D eigenvalue weighted by Crippen LogP contribution is 2.40. The Balaban J connectivity index is 1.70. The van der Waals surface area contributed by atoms with Crippen LogP contribution in [0.15, 0.2) is 66.4 Å². The molecule has 6 heteroatoms. The van der Waals surface area contributed by atoms with Crippen LogP contribution in [0.2, 0.25) is 0 Å². The average molecular weight is 450 g/mol. The molecule has 2 N–H and O–H groups in total. The van der Waals surface area contributed by atoms with E-state index in [4.69, 9.17) is 11.6 Å². The van der Waals surface area contributed by atoms with Crippen LogP contribution in [0.5, 0.6) is 0 Å². The van der Waals surface area contributed by atoms with Gasteiger partial charge in [-0.1, -0.05) is 30.4 Å². The molecule has 0 fully saturated rings. The minimum atomic E-state index is -0.106. The van der Waals surface area contributed by atoms with Crippen molar-refractivity contribution in [2.45, 2.75) is 44.1 Å². The number of hydrogen-bond donors (Lipinski definition) is 2. The lowest BCUT2D eigenvalue weighted by atomic mass is 9.88. The van der Waals surface area contributed by atoms with Gasteiger partial charge in [0.25, 0.3) is 5.91 Å². The largest absolute Gasteiger partial charge is 0.378 e. The van der Waals surface area contributed by atoms with E-state index in [9.17, 15) is 9.59 Å². The smallest absolute Gasteiger partial charge is 0.251 e. The van der Waals surface area contributed by atoms with Crippen LogP contribution in [0.25, 0.3) is 11.1 Å². The number of carbonyl (C=O) groups is 2. The van der Waals surface area contributed by atoms with Crippen molar-refractivity contribution >= 4 is 29.1 Å². The topological polar surface area (TPSA) is 61.4 Å². The summed E-state index contributed by atoms with van der Waals surface area (Å²) in [5.41, 5.74) is 5.78. The van der Waals surface area contributed by atoms with Gasteiger partial charge in [0.2, 0.25) is 5.91 Å². The van der Waals surface area contributed by atoms with E-state index in [2.05, 4.69) is 29.7 Å². The average Bonchev–Trinajstić information content (AvgIpc) is 2.79. The number of nitrogens with zero attached hydrogens (tertiary/aromatic N) is 1. The van der Waals surface area contributed by atoms with E-state index >= 15 is 0 Å². The van der Waals surface area contributed by atoms with Gasteiger partial charge in [-0.05, 0) is 66.8 Å². The van der Waals surface area contributed by atoms with E-state index in [1.807, 2.05) is 53.5 Å². The SMILES string of the molecule is CNC(=O)c1ccc(-c2ccc3c(c2)[C@H](NC2=CCC(Cl)C=C2)C[C@H](C)N3C(C)=O)cc1. The van der Waals surface area contributed by atoms with Gasteiger partial charge in [0.1, 0.15) is 0 Å². The molecular weight excluding hydrogens is 422 g/mol. The highest BCUT2D eigenvalue weighted by molar-refractivity contribution is 6.22. The first-order valence-electron chi connectivity index (χ1n) is 10.9. The molecule has 0 radical (unpaired) electrons. The van der Waals surface area contributed by atoms with Crippen LogP contribution in [-0.2, 0) is 4.79 Å². The molecule has 166 valence electrons. The molecule has 1 aliphatic carbocycles. The zero-order valence-electron chi connectivity index (χ0n) is 18.6. The number of alkyl halides is 1. The van der Waals surface area contributed by atoms with Crippen molar-refractivity contribution in [3.63, 3.8) is 0 Å². The van der Waals surface area contributed by atoms with E-state index in [-0.39, 0.29) is 29.3 Å². The van der Waals surface area contributed by atoms with Crippen LogP contribution in [0.1, 0.15) is 48.7 Å². The Morgan fingerprint density at radius 3 is 2.44 bits per heavy atom. The monoisotopic (exact) mass is 449 g/mol. The summed E-state index contributed by atoms with van der Waals surface area (Å²) >= 11 is 6.18. The first-order valence-corrected chi connectivity index (χ1v) is 11.4. The molecule has 0 spiro atoms. The lowest BCUT2D eigenvalue weighted by Crippen LogP contribution is -2.44. The Morgan fingerprint density at radius 1 is 1.09 bits per heavy atom. The molecule has 2 amide bonds. The Labute approximate surface area is 194 Å². The van der Waals surface area contributed by atoms with Gasteiger partial charge < -0.3 is 15.5 Å². The molecule has 2 aromatic rings. The van der Waals surface area contributed by atoms with Gasteiger partial charge in [0.15, 0.2) is 0 Å². The molecule has 2 aromatic carbocycles. The predicted molar refractivity (Wildman–Crippen MR) is 130 cm³/mol. The number of hydrogen-bond acceptors (Lipinski definition) is 3. The van der Waals surface area contributed by atoms with Crippen LogP contribution < -0.4 is 15.5 Å². The summed E-state index contributed by atoms with van der Waals surface area (Å²) in [7, 11) is 1.62. The summed E-state index contributed by atoms with van der Waals surface area (Å²) < 4.78 is 0. The van der Waals surface area contributed by atoms with Crippen molar-refractivity contribution < 1.29 is 9.59 Å². The molecule has 1 unspecified atom stereocenters. The maximum absolute atomic E-state index is 12.4. The zero-order valence-corrected chi connectivity index (χ0v) is 19.3. The second kappa shape index (κ2) is 9.21. The number of allylic oxidation sites excluding steroid dienone is 3. The van der Waals surface area contributed by atoms with E-state index < -0.39 is 0 Å². The molecule has 0 saturated carbocycles. The van der Waals surface area contributed by atoms with Gasteiger partial charge in [-0.25, -0.2) is 0 Å². The van der Waals surface area contributed by atoms with Crippen molar-refractivity contribution in [3.05, 3.63) is 77.5 Å². The van der Waals surface area contributed by atoms with Crippen molar-refractivity contribution in [2.24, 2.45) is 0 Å². The summed E-state index contributed by atoms with van der Waals surface area (Å²) in [5, 5.41) is 6.34. The van der Waals surface area contributed by atoms with Crippen LogP contribution in [0, 0.1) is 0 Å². The highest BCUT2D eigenvalue weighted by Gasteiger charge is 2.33. The highest BCUT2D eigenvalue weighted by atomic mass is 35.5. The fraction of sp³-hybridized carbons (Fsp3) is 0.308. The first-order chi connectivity index (χ1) is 15.4. The Kier molecular flexibility index (Phi) is 6.38. The van der Waals surface area contributed by atoms with Crippen LogP contribution in [0.3, 0.4) is 0 Å². The van der Waals surface area contributed by atoms with Gasteiger partial charge in [-0.15, -0.1) is 11.6 Å². The van der Waals surface area contributed by atoms with Crippen LogP contribution in [-0.4, -0.2) is 30.3 Å². The minimum Gasteiger partial charge on any atom is -0.378 e. The van der Waals surface area contributed by atoms with Crippen molar-refractivity contribution in [2.75, 3.05) is 11.9 Å². The molecule has 1 heterocycles. The van der Waals surface area contributed by atoms with Crippen molar-refractivity contribution in [1.29, 1.82) is 0 Å². The van der Waals surface area contributed by atoms with Gasteiger partial charge in [0.05, 0.1) is 11.4 Å². The fourth-order valence-electron chi connectivity index (χ4n) is 4.52. The first kappa shape index (κ1) is 22.2. The van der Waals surface area contributed by atoms with Crippen molar-refractivity contribution in [3.8, 4) is 11.1 Å². The van der Waals surface area contributed by atoms with E-state index in [1.54, 1.807) is 14.0 Å². The second-order valence-electron chi connectivity index (χ2n) is 8.37. The number of anilines is 1. The Bertz CT molecular complexity index is 1090. The number of nitrogens with one attached hydrogen (secondary N) is 2. The molecule has 32 heavy (non-hydrogen) atoms.